The van der Waals surface area contributed by atoms with Crippen molar-refractivity contribution in [3.63, 3.8) is 0 Å². The fraction of sp³-hybridized carbons (Fsp3) is 0.222. The van der Waals surface area contributed by atoms with Crippen LogP contribution in [0.4, 0.5) is 0 Å². The highest BCUT2D eigenvalue weighted by Gasteiger charge is 2.35. The summed E-state index contributed by atoms with van der Waals surface area (Å²) in [5.41, 5.74) is 0.441. The molecule has 0 saturated carbocycles. The lowest BCUT2D eigenvalue weighted by Gasteiger charge is -2.17. The summed E-state index contributed by atoms with van der Waals surface area (Å²) in [7, 11) is -1.94. The molecule has 158 valence electrons. The molecule has 2 aromatic rings. The summed E-state index contributed by atoms with van der Waals surface area (Å²) in [4.78, 5) is 44.5. The highest BCUT2D eigenvalue weighted by molar-refractivity contribution is 8.76. The number of carbonyl (C=O) groups is 3. The van der Waals surface area contributed by atoms with Crippen molar-refractivity contribution in [2.75, 3.05) is 0 Å². The van der Waals surface area contributed by atoms with Crippen LogP contribution in [0.5, 0.6) is 0 Å². The third-order valence-electron chi connectivity index (χ3n) is 4.20. The zero-order valence-electron chi connectivity index (χ0n) is 15.6. The first-order valence-corrected chi connectivity index (χ1v) is 12.3. The third kappa shape index (κ3) is 5.01. The molecular formula is C18H16N2O7S3. The molecule has 1 aliphatic heterocycles. The van der Waals surface area contributed by atoms with E-state index in [9.17, 15) is 27.4 Å². The van der Waals surface area contributed by atoms with Crippen LogP contribution in [-0.4, -0.2) is 40.8 Å². The number of imide groups is 1. The molecule has 3 rings (SSSR count). The Morgan fingerprint density at radius 2 is 1.90 bits per heavy atom. The minimum Gasteiger partial charge on any atom is -0.325 e. The van der Waals surface area contributed by atoms with Crippen LogP contribution >= 0.6 is 21.6 Å². The van der Waals surface area contributed by atoms with E-state index in [4.69, 9.17) is 4.84 Å². The van der Waals surface area contributed by atoms with Crippen LogP contribution in [0.25, 0.3) is 0 Å². The number of pyridine rings is 1. The topological polar surface area (TPSA) is 131 Å². The summed E-state index contributed by atoms with van der Waals surface area (Å²) in [6.45, 7) is 1.50. The van der Waals surface area contributed by atoms with E-state index >= 15 is 0 Å². The molecule has 0 unspecified atom stereocenters. The molecule has 2 amide bonds. The second-order valence-corrected chi connectivity index (χ2v) is 9.88. The first kappa shape index (κ1) is 22.3. The molecule has 9 nitrogen and oxygen atoms in total. The average molecular weight is 469 g/mol. The maximum atomic E-state index is 12.7. The number of hydrogen-bond acceptors (Lipinski definition) is 9. The van der Waals surface area contributed by atoms with Gasteiger partial charge in [0.1, 0.15) is 9.92 Å². The van der Waals surface area contributed by atoms with Crippen LogP contribution in [0.15, 0.2) is 46.5 Å². The van der Waals surface area contributed by atoms with Gasteiger partial charge in [-0.3, -0.25) is 14.1 Å². The van der Waals surface area contributed by atoms with Gasteiger partial charge in [0.2, 0.25) is 0 Å². The first-order valence-electron chi connectivity index (χ1n) is 8.57. The lowest BCUT2D eigenvalue weighted by Crippen LogP contribution is -2.32. The number of aromatic nitrogens is 1. The molecule has 1 aliphatic rings. The molecule has 2 heterocycles. The molecule has 1 aromatic heterocycles. The lowest BCUT2D eigenvalue weighted by molar-refractivity contribution is -0.172. The SMILES string of the molecule is Cc1c(CSSc2ccccn2)ccc(S(=O)(=O)O)c1C(=O)ON1C(=O)CCC1=O. The molecule has 12 heteroatoms. The fourth-order valence-electron chi connectivity index (χ4n) is 2.69. The number of amides is 2. The molecule has 0 aliphatic carbocycles. The van der Waals surface area contributed by atoms with E-state index < -0.39 is 38.4 Å². The summed E-state index contributed by atoms with van der Waals surface area (Å²) in [5.74, 6) is -2.22. The number of carbonyl (C=O) groups excluding carboxylic acids is 3. The van der Waals surface area contributed by atoms with Crippen LogP contribution < -0.4 is 0 Å². The second-order valence-electron chi connectivity index (χ2n) is 6.17. The van der Waals surface area contributed by atoms with Crippen molar-refractivity contribution in [3.05, 3.63) is 53.2 Å². The second kappa shape index (κ2) is 9.16. The van der Waals surface area contributed by atoms with Crippen LogP contribution in [0.1, 0.15) is 34.3 Å². The quantitative estimate of drug-likeness (QED) is 0.367. The Balaban J connectivity index is 1.87. The van der Waals surface area contributed by atoms with Crippen LogP contribution in [0.3, 0.4) is 0 Å². The fourth-order valence-corrected chi connectivity index (χ4v) is 5.50. The Morgan fingerprint density at radius 3 is 2.50 bits per heavy atom. The van der Waals surface area contributed by atoms with E-state index in [2.05, 4.69) is 4.98 Å². The van der Waals surface area contributed by atoms with Gasteiger partial charge in [0.15, 0.2) is 0 Å². The maximum absolute atomic E-state index is 12.7. The number of hydroxylamine groups is 2. The summed E-state index contributed by atoms with van der Waals surface area (Å²) >= 11 is 0. The monoisotopic (exact) mass is 468 g/mol. The highest BCUT2D eigenvalue weighted by Crippen LogP contribution is 2.34. The summed E-state index contributed by atoms with van der Waals surface area (Å²) in [6.07, 6.45) is 1.46. The van der Waals surface area contributed by atoms with E-state index in [1.54, 1.807) is 12.3 Å². The summed E-state index contributed by atoms with van der Waals surface area (Å²) in [6, 6.07) is 8.04. The van der Waals surface area contributed by atoms with Crippen molar-refractivity contribution in [2.24, 2.45) is 0 Å². The Hall–Kier alpha value is -2.41. The maximum Gasteiger partial charge on any atom is 0.365 e. The van der Waals surface area contributed by atoms with E-state index in [0.29, 0.717) is 16.4 Å². The Labute approximate surface area is 180 Å². The van der Waals surface area contributed by atoms with Gasteiger partial charge in [0.05, 0.1) is 5.56 Å². The van der Waals surface area contributed by atoms with Crippen molar-refractivity contribution >= 4 is 49.5 Å². The van der Waals surface area contributed by atoms with Gasteiger partial charge in [-0.05, 0) is 47.0 Å². The Morgan fingerprint density at radius 1 is 1.20 bits per heavy atom. The molecule has 30 heavy (non-hydrogen) atoms. The number of rotatable bonds is 7. The molecule has 0 spiro atoms. The van der Waals surface area contributed by atoms with Gasteiger partial charge in [-0.25, -0.2) is 9.78 Å². The normalized spacial score (nSPS) is 14.3. The summed E-state index contributed by atoms with van der Waals surface area (Å²) in [5, 5.41) is 1.11. The van der Waals surface area contributed by atoms with Crippen molar-refractivity contribution in [1.82, 2.24) is 10.0 Å². The molecule has 1 fully saturated rings. The van der Waals surface area contributed by atoms with Crippen molar-refractivity contribution in [2.45, 2.75) is 35.4 Å². The summed E-state index contributed by atoms with van der Waals surface area (Å²) < 4.78 is 33.1. The van der Waals surface area contributed by atoms with Gasteiger partial charge in [0.25, 0.3) is 21.9 Å². The van der Waals surface area contributed by atoms with Gasteiger partial charge in [0, 0.05) is 24.8 Å². The number of benzene rings is 1. The van der Waals surface area contributed by atoms with Crippen molar-refractivity contribution < 1.29 is 32.2 Å². The largest absolute Gasteiger partial charge is 0.365 e. The van der Waals surface area contributed by atoms with E-state index in [0.717, 1.165) is 11.1 Å². The molecule has 0 radical (unpaired) electrons. The average Bonchev–Trinajstić information content (AvgIpc) is 3.01. The van der Waals surface area contributed by atoms with Gasteiger partial charge < -0.3 is 4.84 Å². The Bertz CT molecular complexity index is 1090. The number of hydrogen-bond donors (Lipinski definition) is 1. The minimum atomic E-state index is -4.75. The van der Waals surface area contributed by atoms with E-state index in [1.165, 1.54) is 34.6 Å². The Kier molecular flexibility index (Phi) is 6.81. The molecule has 0 bridgehead atoms. The van der Waals surface area contributed by atoms with Crippen molar-refractivity contribution in [1.29, 1.82) is 0 Å². The zero-order valence-corrected chi connectivity index (χ0v) is 18.1. The highest BCUT2D eigenvalue weighted by atomic mass is 33.1. The van der Waals surface area contributed by atoms with Gasteiger partial charge in [-0.2, -0.15) is 8.42 Å². The predicted molar refractivity (Wildman–Crippen MR) is 109 cm³/mol. The zero-order chi connectivity index (χ0) is 21.9. The van der Waals surface area contributed by atoms with E-state index in [-0.39, 0.29) is 18.4 Å². The van der Waals surface area contributed by atoms with E-state index in [1.807, 2.05) is 12.1 Å². The minimum absolute atomic E-state index is 0.0995. The number of nitrogens with zero attached hydrogens (tertiary/aromatic N) is 2. The molecule has 1 aromatic carbocycles. The lowest BCUT2D eigenvalue weighted by atomic mass is 10.0. The van der Waals surface area contributed by atoms with Crippen molar-refractivity contribution in [3.8, 4) is 0 Å². The first-order chi connectivity index (χ1) is 14.2. The predicted octanol–water partition coefficient (Wildman–Crippen LogP) is 2.80. The van der Waals surface area contributed by atoms with Crippen LogP contribution in [0.2, 0.25) is 0 Å². The molecule has 0 atom stereocenters. The standard InChI is InChI=1S/C18H16N2O7S3/c1-11-12(10-28-29-14-4-2-3-9-19-14)5-6-13(30(24,25)26)17(11)18(23)27-20-15(21)7-8-16(20)22/h2-6,9H,7-8,10H2,1H3,(H,24,25,26). The van der Waals surface area contributed by atoms with Crippen LogP contribution in [-0.2, 0) is 30.3 Å². The van der Waals surface area contributed by atoms with Gasteiger partial charge in [-0.1, -0.05) is 22.9 Å². The molecular weight excluding hydrogens is 452 g/mol. The smallest absolute Gasteiger partial charge is 0.325 e. The molecule has 1 saturated heterocycles. The van der Waals surface area contributed by atoms with Gasteiger partial charge in [-0.15, -0.1) is 5.06 Å². The molecule has 1 N–H and O–H groups in total. The van der Waals surface area contributed by atoms with Crippen LogP contribution in [0, 0.1) is 6.92 Å². The van der Waals surface area contributed by atoms with Gasteiger partial charge >= 0.3 is 5.97 Å². The third-order valence-corrected chi connectivity index (χ3v) is 7.27.